The summed E-state index contributed by atoms with van der Waals surface area (Å²) < 4.78 is 5.92. The van der Waals surface area contributed by atoms with Crippen LogP contribution >= 0.6 is 11.8 Å². The third-order valence-corrected chi connectivity index (χ3v) is 6.42. The molecule has 5 nitrogen and oxygen atoms in total. The Kier molecular flexibility index (Phi) is 4.19. The molecule has 2 aliphatic heterocycles. The first-order valence-electron chi connectivity index (χ1n) is 7.74. The Morgan fingerprint density at radius 1 is 1.33 bits per heavy atom. The molecule has 3 fully saturated rings. The highest BCUT2D eigenvalue weighted by Gasteiger charge is 2.52. The van der Waals surface area contributed by atoms with Crippen LogP contribution in [0.5, 0.6) is 0 Å². The van der Waals surface area contributed by atoms with Crippen molar-refractivity contribution in [2.24, 2.45) is 5.92 Å². The summed E-state index contributed by atoms with van der Waals surface area (Å²) in [6.07, 6.45) is 4.48. The van der Waals surface area contributed by atoms with E-state index in [2.05, 4.69) is 0 Å². The number of carbonyl (C=O) groups excluding carboxylic acids is 2. The summed E-state index contributed by atoms with van der Waals surface area (Å²) in [5.74, 6) is 1.61. The van der Waals surface area contributed by atoms with Gasteiger partial charge in [-0.1, -0.05) is 6.42 Å². The highest BCUT2D eigenvalue weighted by atomic mass is 32.2. The molecule has 0 N–H and O–H groups in total. The SMILES string of the molecule is CN(C)C(=O)CO[C@H]1CSC2(C1)CN(C(=O)C1CCC1)C2. The van der Waals surface area contributed by atoms with E-state index in [9.17, 15) is 9.59 Å². The quantitative estimate of drug-likeness (QED) is 0.776. The number of hydrogen-bond donors (Lipinski definition) is 0. The fraction of sp³-hybridized carbons (Fsp3) is 0.867. The lowest BCUT2D eigenvalue weighted by atomic mass is 9.82. The van der Waals surface area contributed by atoms with Gasteiger partial charge in [0, 0.05) is 38.9 Å². The Hall–Kier alpha value is -0.750. The highest BCUT2D eigenvalue weighted by molar-refractivity contribution is 8.01. The number of amides is 2. The van der Waals surface area contributed by atoms with Gasteiger partial charge in [0.25, 0.3) is 0 Å². The molecule has 21 heavy (non-hydrogen) atoms. The molecule has 0 aromatic heterocycles. The second-order valence-electron chi connectivity index (χ2n) is 6.74. The average molecular weight is 312 g/mol. The van der Waals surface area contributed by atoms with Crippen LogP contribution in [0.3, 0.4) is 0 Å². The third-order valence-electron chi connectivity index (χ3n) is 4.84. The second kappa shape index (κ2) is 5.80. The Labute approximate surface area is 130 Å². The van der Waals surface area contributed by atoms with E-state index in [1.165, 1.54) is 6.42 Å². The van der Waals surface area contributed by atoms with E-state index in [0.717, 1.165) is 38.1 Å². The maximum atomic E-state index is 12.2. The number of rotatable bonds is 4. The zero-order valence-electron chi connectivity index (χ0n) is 12.8. The van der Waals surface area contributed by atoms with Gasteiger partial charge in [0.1, 0.15) is 6.61 Å². The van der Waals surface area contributed by atoms with Gasteiger partial charge in [0.05, 0.1) is 10.9 Å². The predicted molar refractivity (Wildman–Crippen MR) is 82.2 cm³/mol. The van der Waals surface area contributed by atoms with Gasteiger partial charge in [-0.25, -0.2) is 0 Å². The van der Waals surface area contributed by atoms with Crippen molar-refractivity contribution in [2.75, 3.05) is 39.5 Å². The number of hydrogen-bond acceptors (Lipinski definition) is 4. The maximum Gasteiger partial charge on any atom is 0.248 e. The monoisotopic (exact) mass is 312 g/mol. The number of thioether (sulfide) groups is 1. The molecule has 3 rings (SSSR count). The van der Waals surface area contributed by atoms with Gasteiger partial charge in [-0.2, -0.15) is 0 Å². The summed E-state index contributed by atoms with van der Waals surface area (Å²) in [6.45, 7) is 1.90. The minimum Gasteiger partial charge on any atom is -0.367 e. The van der Waals surface area contributed by atoms with Crippen LogP contribution in [-0.2, 0) is 14.3 Å². The summed E-state index contributed by atoms with van der Waals surface area (Å²) in [7, 11) is 3.49. The molecule has 2 amide bonds. The Balaban J connectivity index is 1.41. The molecule has 1 saturated carbocycles. The lowest BCUT2D eigenvalue weighted by Crippen LogP contribution is -2.62. The van der Waals surface area contributed by atoms with E-state index >= 15 is 0 Å². The standard InChI is InChI=1S/C15H24N2O3S/c1-16(2)13(18)7-20-12-6-15(21-8-12)9-17(10-15)14(19)11-4-3-5-11/h11-12H,3-10H2,1-2H3/t12-/m1/s1. The number of nitrogens with zero attached hydrogens (tertiary/aromatic N) is 2. The van der Waals surface area contributed by atoms with Gasteiger partial charge in [0.2, 0.25) is 11.8 Å². The number of ether oxygens (including phenoxy) is 1. The fourth-order valence-corrected chi connectivity index (χ4v) is 4.72. The van der Waals surface area contributed by atoms with Crippen molar-refractivity contribution >= 4 is 23.6 Å². The Bertz CT molecular complexity index is 431. The number of carbonyl (C=O) groups is 2. The molecular formula is C15H24N2O3S. The topological polar surface area (TPSA) is 49.9 Å². The molecule has 0 aromatic rings. The molecule has 1 spiro atoms. The first kappa shape index (κ1) is 15.2. The van der Waals surface area contributed by atoms with Crippen LogP contribution in [0.15, 0.2) is 0 Å². The molecule has 2 heterocycles. The number of likely N-dealkylation sites (tertiary alicyclic amines) is 1. The van der Waals surface area contributed by atoms with Gasteiger partial charge in [-0.05, 0) is 19.3 Å². The largest absolute Gasteiger partial charge is 0.367 e. The van der Waals surface area contributed by atoms with Crippen molar-refractivity contribution in [3.63, 3.8) is 0 Å². The normalized spacial score (nSPS) is 27.3. The third kappa shape index (κ3) is 3.06. The minimum absolute atomic E-state index is 0.0105. The molecule has 0 aromatic carbocycles. The van der Waals surface area contributed by atoms with Crippen LogP contribution in [0, 0.1) is 5.92 Å². The molecule has 1 atom stereocenters. The summed E-state index contributed by atoms with van der Waals surface area (Å²) >= 11 is 1.91. The summed E-state index contributed by atoms with van der Waals surface area (Å²) in [6, 6.07) is 0. The predicted octanol–water partition coefficient (Wildman–Crippen LogP) is 0.978. The molecule has 0 bridgehead atoms. The first-order chi connectivity index (χ1) is 9.99. The average Bonchev–Trinajstić information content (AvgIpc) is 2.76. The number of likely N-dealkylation sites (N-methyl/N-ethyl adjacent to an activating group) is 1. The lowest BCUT2D eigenvalue weighted by molar-refractivity contribution is -0.144. The highest BCUT2D eigenvalue weighted by Crippen LogP contribution is 2.47. The fourth-order valence-electron chi connectivity index (χ4n) is 3.17. The van der Waals surface area contributed by atoms with Crippen LogP contribution < -0.4 is 0 Å². The van der Waals surface area contributed by atoms with Crippen molar-refractivity contribution in [3.05, 3.63) is 0 Å². The van der Waals surface area contributed by atoms with Crippen molar-refractivity contribution < 1.29 is 14.3 Å². The minimum atomic E-state index is 0.0105. The van der Waals surface area contributed by atoms with Crippen LogP contribution in [-0.4, -0.2) is 72.0 Å². The van der Waals surface area contributed by atoms with Gasteiger partial charge in [-0.3, -0.25) is 9.59 Å². The van der Waals surface area contributed by atoms with E-state index in [4.69, 9.17) is 4.74 Å². The van der Waals surface area contributed by atoms with Crippen LogP contribution in [0.1, 0.15) is 25.7 Å². The van der Waals surface area contributed by atoms with E-state index in [0.29, 0.717) is 11.8 Å². The molecule has 2 saturated heterocycles. The van der Waals surface area contributed by atoms with Gasteiger partial charge < -0.3 is 14.5 Å². The summed E-state index contributed by atoms with van der Waals surface area (Å²) in [4.78, 5) is 27.3. The molecule has 0 unspecified atom stereocenters. The summed E-state index contributed by atoms with van der Waals surface area (Å²) in [5.41, 5.74) is 0. The van der Waals surface area contributed by atoms with Crippen molar-refractivity contribution in [2.45, 2.75) is 36.5 Å². The van der Waals surface area contributed by atoms with Crippen LogP contribution in [0.2, 0.25) is 0 Å². The van der Waals surface area contributed by atoms with Gasteiger partial charge in [-0.15, -0.1) is 11.8 Å². The van der Waals surface area contributed by atoms with Crippen LogP contribution in [0.25, 0.3) is 0 Å². The van der Waals surface area contributed by atoms with E-state index in [1.807, 2.05) is 16.7 Å². The smallest absolute Gasteiger partial charge is 0.248 e. The van der Waals surface area contributed by atoms with Crippen molar-refractivity contribution in [1.82, 2.24) is 9.80 Å². The van der Waals surface area contributed by atoms with E-state index in [1.54, 1.807) is 19.0 Å². The maximum absolute atomic E-state index is 12.2. The Morgan fingerprint density at radius 2 is 2.05 bits per heavy atom. The zero-order chi connectivity index (χ0) is 15.0. The second-order valence-corrected chi connectivity index (χ2v) is 8.23. The lowest BCUT2D eigenvalue weighted by Gasteiger charge is -2.49. The van der Waals surface area contributed by atoms with Gasteiger partial charge in [0.15, 0.2) is 0 Å². The van der Waals surface area contributed by atoms with Crippen molar-refractivity contribution in [3.8, 4) is 0 Å². The van der Waals surface area contributed by atoms with E-state index < -0.39 is 0 Å². The molecular weight excluding hydrogens is 288 g/mol. The molecule has 1 aliphatic carbocycles. The Morgan fingerprint density at radius 3 is 2.62 bits per heavy atom. The molecule has 0 radical (unpaired) electrons. The molecule has 6 heteroatoms. The zero-order valence-corrected chi connectivity index (χ0v) is 13.7. The molecule has 3 aliphatic rings. The first-order valence-corrected chi connectivity index (χ1v) is 8.72. The van der Waals surface area contributed by atoms with Gasteiger partial charge >= 0.3 is 0 Å². The van der Waals surface area contributed by atoms with Crippen molar-refractivity contribution in [1.29, 1.82) is 0 Å². The van der Waals surface area contributed by atoms with Crippen LogP contribution in [0.4, 0.5) is 0 Å². The summed E-state index contributed by atoms with van der Waals surface area (Å²) in [5, 5.41) is 0. The molecule has 118 valence electrons. The van der Waals surface area contributed by atoms with E-state index in [-0.39, 0.29) is 23.4 Å².